The Hall–Kier alpha value is -2.94. The number of aromatic nitrogens is 2. The molecule has 9 heteroatoms. The minimum Gasteiger partial charge on any atom is -0.458 e. The predicted octanol–water partition coefficient (Wildman–Crippen LogP) is 1.82. The van der Waals surface area contributed by atoms with E-state index in [1.807, 2.05) is 13.1 Å². The van der Waals surface area contributed by atoms with E-state index in [0.29, 0.717) is 28.9 Å². The van der Waals surface area contributed by atoms with E-state index in [1.54, 1.807) is 29.1 Å². The Kier molecular flexibility index (Phi) is 5.17. The lowest BCUT2D eigenvalue weighted by atomic mass is 10.3. The summed E-state index contributed by atoms with van der Waals surface area (Å²) in [6.45, 7) is 4.47. The van der Waals surface area contributed by atoms with Gasteiger partial charge >= 0.3 is 5.97 Å². The number of carbonyl (C=O) groups is 2. The van der Waals surface area contributed by atoms with Crippen molar-refractivity contribution in [2.45, 2.75) is 33.5 Å². The standard InChI is InChI=1S/C17H18N4O4S/c1-3-20-8-12(7-18-20)9-21-16(23)15(19-17(21)26)6-13-4-5-14(25-13)10-24-11(2)22/h4-8H,3,9-10H2,1-2H3,(H,19,26)/b15-6-. The molecule has 2 aromatic heterocycles. The van der Waals surface area contributed by atoms with Crippen molar-refractivity contribution >= 4 is 35.3 Å². The van der Waals surface area contributed by atoms with Crippen LogP contribution in [0.2, 0.25) is 0 Å². The highest BCUT2D eigenvalue weighted by Crippen LogP contribution is 2.18. The molecule has 2 aromatic rings. The average molecular weight is 374 g/mol. The van der Waals surface area contributed by atoms with Crippen LogP contribution in [-0.2, 0) is 34.0 Å². The van der Waals surface area contributed by atoms with Crippen LogP contribution in [0.4, 0.5) is 0 Å². The van der Waals surface area contributed by atoms with Crippen LogP contribution in [0.5, 0.6) is 0 Å². The molecule has 3 heterocycles. The molecule has 1 aliphatic heterocycles. The number of hydrogen-bond donors (Lipinski definition) is 1. The highest BCUT2D eigenvalue weighted by atomic mass is 32.1. The van der Waals surface area contributed by atoms with Crippen LogP contribution in [0.25, 0.3) is 6.08 Å². The smallest absolute Gasteiger partial charge is 0.303 e. The normalized spacial score (nSPS) is 15.6. The summed E-state index contributed by atoms with van der Waals surface area (Å²) in [5.74, 6) is 0.328. The molecule has 0 aromatic carbocycles. The van der Waals surface area contributed by atoms with Gasteiger partial charge in [-0.1, -0.05) is 0 Å². The van der Waals surface area contributed by atoms with Crippen molar-refractivity contribution in [1.82, 2.24) is 20.0 Å². The van der Waals surface area contributed by atoms with Gasteiger partial charge < -0.3 is 14.5 Å². The molecule has 136 valence electrons. The highest BCUT2D eigenvalue weighted by molar-refractivity contribution is 7.80. The van der Waals surface area contributed by atoms with Crippen molar-refractivity contribution in [1.29, 1.82) is 0 Å². The third-order valence-electron chi connectivity index (χ3n) is 3.70. The number of furan rings is 1. The van der Waals surface area contributed by atoms with Crippen LogP contribution in [0.3, 0.4) is 0 Å². The number of aryl methyl sites for hydroxylation is 1. The second-order valence-electron chi connectivity index (χ2n) is 5.67. The van der Waals surface area contributed by atoms with Crippen molar-refractivity contribution < 1.29 is 18.7 Å². The summed E-state index contributed by atoms with van der Waals surface area (Å²) < 4.78 is 12.2. The molecule has 0 radical (unpaired) electrons. The number of rotatable bonds is 6. The lowest BCUT2D eigenvalue weighted by molar-refractivity contribution is -0.142. The van der Waals surface area contributed by atoms with E-state index >= 15 is 0 Å². The third kappa shape index (κ3) is 3.99. The van der Waals surface area contributed by atoms with Gasteiger partial charge in [0.15, 0.2) is 5.11 Å². The molecule has 1 aliphatic rings. The van der Waals surface area contributed by atoms with Crippen LogP contribution < -0.4 is 5.32 Å². The van der Waals surface area contributed by atoms with Crippen molar-refractivity contribution in [3.8, 4) is 0 Å². The van der Waals surface area contributed by atoms with E-state index in [4.69, 9.17) is 21.4 Å². The Bertz CT molecular complexity index is 883. The highest BCUT2D eigenvalue weighted by Gasteiger charge is 2.31. The van der Waals surface area contributed by atoms with Gasteiger partial charge in [0.05, 0.1) is 12.7 Å². The van der Waals surface area contributed by atoms with Crippen LogP contribution in [0.1, 0.15) is 30.9 Å². The minimum absolute atomic E-state index is 0.0475. The molecular formula is C17H18N4O4S. The minimum atomic E-state index is -0.388. The second-order valence-corrected chi connectivity index (χ2v) is 6.05. The van der Waals surface area contributed by atoms with Gasteiger partial charge in [0.25, 0.3) is 5.91 Å². The van der Waals surface area contributed by atoms with Gasteiger partial charge in [-0.25, -0.2) is 0 Å². The van der Waals surface area contributed by atoms with Crippen molar-refractivity contribution in [3.63, 3.8) is 0 Å². The van der Waals surface area contributed by atoms with Gasteiger partial charge in [0.2, 0.25) is 0 Å². The van der Waals surface area contributed by atoms with Crippen molar-refractivity contribution in [2.75, 3.05) is 0 Å². The molecule has 1 amide bonds. The fraction of sp³-hybridized carbons (Fsp3) is 0.294. The summed E-state index contributed by atoms with van der Waals surface area (Å²) in [4.78, 5) is 24.9. The zero-order chi connectivity index (χ0) is 18.7. The molecule has 0 aliphatic carbocycles. The van der Waals surface area contributed by atoms with Gasteiger partial charge in [-0.2, -0.15) is 5.10 Å². The molecule has 0 atom stereocenters. The monoisotopic (exact) mass is 374 g/mol. The van der Waals surface area contributed by atoms with E-state index in [2.05, 4.69) is 10.4 Å². The van der Waals surface area contributed by atoms with Gasteiger partial charge in [-0.3, -0.25) is 19.2 Å². The predicted molar refractivity (Wildman–Crippen MR) is 96.3 cm³/mol. The number of ether oxygens (including phenoxy) is 1. The van der Waals surface area contributed by atoms with E-state index in [0.717, 1.165) is 12.1 Å². The molecule has 0 spiro atoms. The molecule has 1 N–H and O–H groups in total. The summed E-state index contributed by atoms with van der Waals surface area (Å²) >= 11 is 5.26. The van der Waals surface area contributed by atoms with Crippen LogP contribution in [-0.4, -0.2) is 31.7 Å². The molecule has 1 saturated heterocycles. The topological polar surface area (TPSA) is 89.6 Å². The molecule has 26 heavy (non-hydrogen) atoms. The summed E-state index contributed by atoms with van der Waals surface area (Å²) in [6, 6.07) is 3.38. The maximum atomic E-state index is 12.6. The van der Waals surface area contributed by atoms with Crippen LogP contribution >= 0.6 is 12.2 Å². The SMILES string of the molecule is CCn1cc(CN2C(=O)/C(=C/c3ccc(COC(C)=O)o3)NC2=S)cn1. The zero-order valence-corrected chi connectivity index (χ0v) is 15.2. The molecule has 0 bridgehead atoms. The van der Waals surface area contributed by atoms with Crippen molar-refractivity contribution in [3.05, 3.63) is 47.3 Å². The summed E-state index contributed by atoms with van der Waals surface area (Å²) in [6.07, 6.45) is 5.17. The molecule has 0 saturated carbocycles. The van der Waals surface area contributed by atoms with Gasteiger partial charge in [0, 0.05) is 31.3 Å². The molecular weight excluding hydrogens is 356 g/mol. The largest absolute Gasteiger partial charge is 0.458 e. The molecule has 0 unspecified atom stereocenters. The Morgan fingerprint density at radius 2 is 2.27 bits per heavy atom. The molecule has 1 fully saturated rings. The van der Waals surface area contributed by atoms with Crippen LogP contribution in [0.15, 0.2) is 34.6 Å². The first-order chi connectivity index (χ1) is 12.5. The maximum Gasteiger partial charge on any atom is 0.303 e. The zero-order valence-electron chi connectivity index (χ0n) is 14.4. The second kappa shape index (κ2) is 7.52. The van der Waals surface area contributed by atoms with E-state index < -0.39 is 0 Å². The average Bonchev–Trinajstić information content (AvgIpc) is 3.30. The Balaban J connectivity index is 1.69. The number of hydrogen-bond acceptors (Lipinski definition) is 6. The van der Waals surface area contributed by atoms with Gasteiger partial charge in [0.1, 0.15) is 23.8 Å². The lowest BCUT2D eigenvalue weighted by Gasteiger charge is -2.12. The van der Waals surface area contributed by atoms with Gasteiger partial charge in [-0.15, -0.1) is 0 Å². The summed E-state index contributed by atoms with van der Waals surface area (Å²) in [5.41, 5.74) is 1.22. The quantitative estimate of drug-likeness (QED) is 0.469. The van der Waals surface area contributed by atoms with Crippen molar-refractivity contribution in [2.24, 2.45) is 0 Å². The summed E-state index contributed by atoms with van der Waals surface area (Å²) in [5, 5.41) is 7.43. The third-order valence-corrected chi connectivity index (χ3v) is 4.02. The number of esters is 1. The summed E-state index contributed by atoms with van der Waals surface area (Å²) in [7, 11) is 0. The Morgan fingerprint density at radius 3 is 2.96 bits per heavy atom. The molecule has 3 rings (SSSR count). The fourth-order valence-corrected chi connectivity index (χ4v) is 2.68. The number of nitrogens with zero attached hydrogens (tertiary/aromatic N) is 3. The number of thiocarbonyl (C=S) groups is 1. The first-order valence-electron chi connectivity index (χ1n) is 8.04. The Labute approximate surface area is 155 Å². The van der Waals surface area contributed by atoms with E-state index in [-0.39, 0.29) is 18.5 Å². The maximum absolute atomic E-state index is 12.6. The number of carbonyl (C=O) groups excluding carboxylic acids is 2. The van der Waals surface area contributed by atoms with Gasteiger partial charge in [-0.05, 0) is 31.3 Å². The van der Waals surface area contributed by atoms with Crippen LogP contribution in [0, 0.1) is 0 Å². The number of amides is 1. The lowest BCUT2D eigenvalue weighted by Crippen LogP contribution is -2.29. The van der Waals surface area contributed by atoms with E-state index in [1.165, 1.54) is 11.8 Å². The Morgan fingerprint density at radius 1 is 1.46 bits per heavy atom. The first-order valence-corrected chi connectivity index (χ1v) is 8.45. The fourth-order valence-electron chi connectivity index (χ4n) is 2.42. The number of nitrogens with one attached hydrogen (secondary N) is 1. The first kappa shape index (κ1) is 17.9. The molecule has 8 nitrogen and oxygen atoms in total. The van der Waals surface area contributed by atoms with E-state index in [9.17, 15) is 9.59 Å².